The lowest BCUT2D eigenvalue weighted by Gasteiger charge is -2.49. The van der Waals surface area contributed by atoms with Crippen LogP contribution < -0.4 is 10.4 Å². The molecule has 6 aromatic rings. The third-order valence-corrected chi connectivity index (χ3v) is 19.8. The zero-order valence-electron chi connectivity index (χ0n) is 46.3. The fourth-order valence-electron chi connectivity index (χ4n) is 10.5. The van der Waals surface area contributed by atoms with Gasteiger partial charge in [0.15, 0.2) is 12.6 Å². The maximum atomic E-state index is 13.6. The van der Waals surface area contributed by atoms with Gasteiger partial charge in [-0.25, -0.2) is 4.79 Å². The standard InChI is InChI=1S/C63H76N4O13Si/c1-63(2,3)81(50-28-16-7-17-29-50,51-30-18-8-19-31-51)77-44-53-57(80-60-54(65-66-64)58(55(70)52(40-69)78-60)74-41-47-24-12-5-13-25-47)59(75-42-48-26-14-6-15-27-48)56(71)61(79-53)73-37-21-9-20-36-67(38-45-22-10-4-11-23-45)62(72)76-43-49-34-32-46(39-68)33-35-49/h4-8,10-19,22-35,52-61,68-71H,9,20-21,36-44H2,1-3H3/t52-,53+,54-,55-,56-,57-,58-,59-,60-,61-/m1/s1. The van der Waals surface area contributed by atoms with Gasteiger partial charge >= 0.3 is 6.09 Å². The number of aliphatic hydroxyl groups is 4. The average molecular weight is 1130 g/mol. The van der Waals surface area contributed by atoms with E-state index < -0.39 is 87.4 Å². The largest absolute Gasteiger partial charge is 0.445 e. The molecule has 2 fully saturated rings. The van der Waals surface area contributed by atoms with Crippen molar-refractivity contribution >= 4 is 24.8 Å². The van der Waals surface area contributed by atoms with Crippen molar-refractivity contribution in [3.63, 3.8) is 0 Å². The third-order valence-electron chi connectivity index (χ3n) is 14.8. The molecule has 0 bridgehead atoms. The van der Waals surface area contributed by atoms with Gasteiger partial charge in [0.05, 0.1) is 39.1 Å². The maximum absolute atomic E-state index is 13.6. The number of amides is 1. The van der Waals surface area contributed by atoms with Crippen LogP contribution in [0.5, 0.6) is 0 Å². The van der Waals surface area contributed by atoms with E-state index in [1.807, 2.05) is 140 Å². The second-order valence-corrected chi connectivity index (χ2v) is 25.7. The van der Waals surface area contributed by atoms with E-state index in [2.05, 4.69) is 55.1 Å². The molecule has 0 unspecified atom stereocenters. The van der Waals surface area contributed by atoms with Gasteiger partial charge in [0.25, 0.3) is 8.32 Å². The first-order valence-electron chi connectivity index (χ1n) is 27.7. The van der Waals surface area contributed by atoms with Crippen LogP contribution in [0, 0.1) is 0 Å². The summed E-state index contributed by atoms with van der Waals surface area (Å²) in [5.41, 5.74) is 14.2. The summed E-state index contributed by atoms with van der Waals surface area (Å²) >= 11 is 0. The molecule has 2 heterocycles. The lowest BCUT2D eigenvalue weighted by atomic mass is 9.95. The van der Waals surface area contributed by atoms with E-state index in [0.29, 0.717) is 32.4 Å². The van der Waals surface area contributed by atoms with Crippen molar-refractivity contribution in [2.24, 2.45) is 5.11 Å². The lowest BCUT2D eigenvalue weighted by Crippen LogP contribution is -2.69. The monoisotopic (exact) mass is 1120 g/mol. The van der Waals surface area contributed by atoms with Crippen LogP contribution in [0.25, 0.3) is 10.4 Å². The van der Waals surface area contributed by atoms with E-state index in [-0.39, 0.29) is 39.6 Å². The number of carbonyl (C=O) groups is 1. The molecule has 0 aliphatic carbocycles. The number of hydrogen-bond acceptors (Lipinski definition) is 14. The van der Waals surface area contributed by atoms with Gasteiger partial charge in [-0.05, 0) is 68.0 Å². The fourth-order valence-corrected chi connectivity index (χ4v) is 15.1. The molecule has 2 saturated heterocycles. The Morgan fingerprint density at radius 1 is 0.605 bits per heavy atom. The van der Waals surface area contributed by atoms with Gasteiger partial charge in [-0.15, -0.1) is 0 Å². The number of azide groups is 1. The minimum absolute atomic E-state index is 0.0357. The van der Waals surface area contributed by atoms with Crippen molar-refractivity contribution in [2.75, 3.05) is 26.4 Å². The van der Waals surface area contributed by atoms with Gasteiger partial charge in [0, 0.05) is 24.6 Å². The molecular weight excluding hydrogens is 1050 g/mol. The number of benzene rings is 6. The Morgan fingerprint density at radius 2 is 1.12 bits per heavy atom. The highest BCUT2D eigenvalue weighted by molar-refractivity contribution is 6.99. The van der Waals surface area contributed by atoms with Crippen LogP contribution in [0.15, 0.2) is 181 Å². The molecule has 0 spiro atoms. The fraction of sp³-hybridized carbons (Fsp3) is 0.413. The predicted molar refractivity (Wildman–Crippen MR) is 307 cm³/mol. The topological polar surface area (TPSA) is 224 Å². The van der Waals surface area contributed by atoms with Crippen molar-refractivity contribution in [1.82, 2.24) is 4.90 Å². The Balaban J connectivity index is 1.06. The Morgan fingerprint density at radius 3 is 1.67 bits per heavy atom. The van der Waals surface area contributed by atoms with Crippen molar-refractivity contribution < 1.29 is 62.8 Å². The number of rotatable bonds is 27. The SMILES string of the molecule is CC(C)(C)[Si](OC[C@@H]1O[C@@H](OCCCCCN(Cc2ccccc2)C(=O)OCc2ccc(CO)cc2)[C@H](O)[C@@H](OCc2ccccc2)[C@@H]1O[C@H]1O[C@H](CO)[C@@H](O)[C@H](OCc2ccccc2)[C@H]1N=[N+]=[N-])(c1ccccc1)c1ccccc1. The molecule has 1 amide bonds. The second-order valence-electron chi connectivity index (χ2n) is 21.4. The van der Waals surface area contributed by atoms with Crippen molar-refractivity contribution in [3.8, 4) is 0 Å². The molecular formula is C63H76N4O13Si. The molecule has 10 atom stereocenters. The molecule has 430 valence electrons. The van der Waals surface area contributed by atoms with Crippen molar-refractivity contribution in [1.29, 1.82) is 0 Å². The number of unbranched alkanes of at least 4 members (excludes halogenated alkanes) is 2. The van der Waals surface area contributed by atoms with Crippen LogP contribution in [-0.4, -0.2) is 127 Å². The first-order chi connectivity index (χ1) is 39.4. The highest BCUT2D eigenvalue weighted by Crippen LogP contribution is 2.39. The summed E-state index contributed by atoms with van der Waals surface area (Å²) in [5, 5.41) is 49.9. The van der Waals surface area contributed by atoms with E-state index in [0.717, 1.165) is 38.2 Å². The minimum atomic E-state index is -3.27. The summed E-state index contributed by atoms with van der Waals surface area (Å²) in [4.78, 5) is 18.4. The molecule has 0 saturated carbocycles. The van der Waals surface area contributed by atoms with Gasteiger partial charge in [0.1, 0.15) is 49.3 Å². The number of nitrogens with zero attached hydrogens (tertiary/aromatic N) is 4. The van der Waals surface area contributed by atoms with Crippen LogP contribution in [0.2, 0.25) is 5.04 Å². The molecule has 0 aromatic heterocycles. The molecule has 6 aromatic carbocycles. The number of carbonyl (C=O) groups excluding carboxylic acids is 1. The van der Waals surface area contributed by atoms with Crippen LogP contribution >= 0.6 is 0 Å². The molecule has 81 heavy (non-hydrogen) atoms. The molecule has 2 aliphatic rings. The molecule has 2 aliphatic heterocycles. The highest BCUT2D eigenvalue weighted by atomic mass is 28.4. The Kier molecular flexibility index (Phi) is 22.6. The van der Waals surface area contributed by atoms with Crippen LogP contribution in [0.1, 0.15) is 67.9 Å². The number of aliphatic hydroxyl groups excluding tert-OH is 4. The van der Waals surface area contributed by atoms with E-state index in [1.165, 1.54) is 0 Å². The summed E-state index contributed by atoms with van der Waals surface area (Å²) in [6, 6.07) is 54.7. The number of hydrogen-bond donors (Lipinski definition) is 4. The quantitative estimate of drug-likeness (QED) is 0.0125. The lowest BCUT2D eigenvalue weighted by molar-refractivity contribution is -0.352. The normalized spacial score (nSPS) is 23.0. The van der Waals surface area contributed by atoms with E-state index >= 15 is 0 Å². The van der Waals surface area contributed by atoms with E-state index in [1.54, 1.807) is 17.0 Å². The first kappa shape index (κ1) is 60.8. The minimum Gasteiger partial charge on any atom is -0.445 e. The predicted octanol–water partition coefficient (Wildman–Crippen LogP) is 8.48. The van der Waals surface area contributed by atoms with Gasteiger partial charge in [-0.2, -0.15) is 0 Å². The second kappa shape index (κ2) is 30.1. The third kappa shape index (κ3) is 16.0. The zero-order chi connectivity index (χ0) is 57.0. The van der Waals surface area contributed by atoms with Crippen molar-refractivity contribution in [3.05, 3.63) is 214 Å². The number of ether oxygens (including phenoxy) is 7. The summed E-state index contributed by atoms with van der Waals surface area (Å²) < 4.78 is 53.0. The van der Waals surface area contributed by atoms with Crippen LogP contribution in [-0.2, 0) is 70.6 Å². The maximum Gasteiger partial charge on any atom is 0.410 e. The Bertz CT molecular complexity index is 2800. The highest BCUT2D eigenvalue weighted by Gasteiger charge is 2.55. The van der Waals surface area contributed by atoms with Gasteiger partial charge in [-0.3, -0.25) is 0 Å². The summed E-state index contributed by atoms with van der Waals surface area (Å²) in [5.74, 6) is 0. The molecule has 17 nitrogen and oxygen atoms in total. The van der Waals surface area contributed by atoms with Crippen LogP contribution in [0.4, 0.5) is 4.79 Å². The van der Waals surface area contributed by atoms with Gasteiger partial charge < -0.3 is 62.9 Å². The summed E-state index contributed by atoms with van der Waals surface area (Å²) in [6.07, 6.45) is -10.2. The Hall–Kier alpha value is -6.32. The van der Waals surface area contributed by atoms with Gasteiger partial charge in [-0.1, -0.05) is 202 Å². The zero-order valence-corrected chi connectivity index (χ0v) is 47.3. The molecule has 4 N–H and O–H groups in total. The van der Waals surface area contributed by atoms with Gasteiger partial charge in [0.2, 0.25) is 0 Å². The molecule has 18 heteroatoms. The first-order valence-corrected chi connectivity index (χ1v) is 29.6. The van der Waals surface area contributed by atoms with E-state index in [4.69, 9.17) is 37.6 Å². The van der Waals surface area contributed by atoms with Crippen molar-refractivity contribution in [2.45, 2.75) is 139 Å². The smallest absolute Gasteiger partial charge is 0.410 e. The Labute approximate surface area is 475 Å². The van der Waals surface area contributed by atoms with E-state index in [9.17, 15) is 30.8 Å². The molecule has 0 radical (unpaired) electrons. The summed E-state index contributed by atoms with van der Waals surface area (Å²) in [7, 11) is -3.27. The van der Waals surface area contributed by atoms with Crippen LogP contribution in [0.3, 0.4) is 0 Å². The average Bonchev–Trinajstić information content (AvgIpc) is 3.69. The molecule has 8 rings (SSSR count). The summed E-state index contributed by atoms with van der Waals surface area (Å²) in [6.45, 7) is 6.76.